The molecule has 0 radical (unpaired) electrons. The molecule has 0 heterocycles. The second kappa shape index (κ2) is 7.76. The summed E-state index contributed by atoms with van der Waals surface area (Å²) in [4.78, 5) is 35.9. The Hall–Kier alpha value is -2.37. The van der Waals surface area contributed by atoms with Crippen molar-refractivity contribution in [3.05, 3.63) is 29.8 Å². The van der Waals surface area contributed by atoms with Gasteiger partial charge in [0.05, 0.1) is 11.3 Å². The maximum Gasteiger partial charge on any atom is 0.313 e. The molecule has 0 aromatic heterocycles. The number of para-hydroxylation sites is 1. The van der Waals surface area contributed by atoms with E-state index >= 15 is 0 Å². The fourth-order valence-electron chi connectivity index (χ4n) is 2.01. The monoisotopic (exact) mass is 317 g/mol. The molecule has 0 bridgehead atoms. The molecule has 2 rings (SSSR count). The molecule has 6 heteroatoms. The fourth-order valence-corrected chi connectivity index (χ4v) is 2.01. The first kappa shape index (κ1) is 17.0. The second-order valence-electron chi connectivity index (χ2n) is 6.19. The van der Waals surface area contributed by atoms with Crippen molar-refractivity contribution < 1.29 is 14.4 Å². The molecule has 1 aromatic carbocycles. The van der Waals surface area contributed by atoms with Crippen LogP contribution >= 0.6 is 0 Å². The summed E-state index contributed by atoms with van der Waals surface area (Å²) in [5, 5.41) is 7.95. The van der Waals surface area contributed by atoms with Gasteiger partial charge in [0.15, 0.2) is 0 Å². The highest BCUT2D eigenvalue weighted by molar-refractivity contribution is 6.40. The molecule has 0 atom stereocenters. The first-order valence-corrected chi connectivity index (χ1v) is 7.96. The van der Waals surface area contributed by atoms with Gasteiger partial charge in [-0.15, -0.1) is 0 Å². The van der Waals surface area contributed by atoms with Gasteiger partial charge < -0.3 is 16.0 Å². The van der Waals surface area contributed by atoms with E-state index in [1.54, 1.807) is 24.3 Å². The summed E-state index contributed by atoms with van der Waals surface area (Å²) in [6.07, 6.45) is 2.77. The average molecular weight is 317 g/mol. The van der Waals surface area contributed by atoms with Gasteiger partial charge in [-0.2, -0.15) is 0 Å². The van der Waals surface area contributed by atoms with Crippen molar-refractivity contribution in [3.8, 4) is 0 Å². The molecular formula is C17H23N3O3. The van der Waals surface area contributed by atoms with Crippen LogP contribution in [0.15, 0.2) is 24.3 Å². The third-order valence-electron chi connectivity index (χ3n) is 3.55. The van der Waals surface area contributed by atoms with Gasteiger partial charge in [-0.1, -0.05) is 26.0 Å². The number of benzene rings is 1. The number of rotatable bonds is 6. The molecule has 1 fully saturated rings. The maximum atomic E-state index is 12.2. The van der Waals surface area contributed by atoms with Crippen LogP contribution in [-0.2, 0) is 9.59 Å². The van der Waals surface area contributed by atoms with Crippen LogP contribution in [0.5, 0.6) is 0 Å². The molecular weight excluding hydrogens is 294 g/mol. The van der Waals surface area contributed by atoms with Gasteiger partial charge in [0.1, 0.15) is 0 Å². The van der Waals surface area contributed by atoms with E-state index in [1.807, 2.05) is 13.8 Å². The zero-order chi connectivity index (χ0) is 16.8. The number of nitrogens with one attached hydrogen (secondary N) is 3. The van der Waals surface area contributed by atoms with E-state index in [9.17, 15) is 14.4 Å². The Balaban J connectivity index is 1.94. The van der Waals surface area contributed by atoms with Gasteiger partial charge in [-0.25, -0.2) is 0 Å². The van der Waals surface area contributed by atoms with Crippen LogP contribution in [0.4, 0.5) is 5.69 Å². The van der Waals surface area contributed by atoms with Gasteiger partial charge in [0.2, 0.25) is 0 Å². The Bertz CT molecular complexity index is 595. The lowest BCUT2D eigenvalue weighted by Gasteiger charge is -2.11. The number of carbonyl (C=O) groups is 3. The summed E-state index contributed by atoms with van der Waals surface area (Å²) in [7, 11) is 0. The minimum absolute atomic E-state index is 0.227. The van der Waals surface area contributed by atoms with Crippen molar-refractivity contribution in [3.63, 3.8) is 0 Å². The topological polar surface area (TPSA) is 87.3 Å². The standard InChI is InChI=1S/C17H23N3O3/c1-11(2)9-10-18-16(22)17(23)20-14-6-4-3-5-13(14)15(21)19-12-7-8-12/h3-6,11-12H,7-10H2,1-2H3,(H,18,22)(H,19,21)(H,20,23). The Morgan fingerprint density at radius 3 is 2.48 bits per heavy atom. The summed E-state index contributed by atoms with van der Waals surface area (Å²) in [6.45, 7) is 4.54. The predicted octanol–water partition coefficient (Wildman–Crippen LogP) is 1.68. The molecule has 23 heavy (non-hydrogen) atoms. The van der Waals surface area contributed by atoms with Crippen molar-refractivity contribution in [1.82, 2.24) is 10.6 Å². The van der Waals surface area contributed by atoms with Crippen LogP contribution in [-0.4, -0.2) is 30.3 Å². The minimum atomic E-state index is -0.763. The lowest BCUT2D eigenvalue weighted by molar-refractivity contribution is -0.136. The SMILES string of the molecule is CC(C)CCNC(=O)C(=O)Nc1ccccc1C(=O)NC1CC1. The largest absolute Gasteiger partial charge is 0.349 e. The summed E-state index contributed by atoms with van der Waals surface area (Å²) in [6, 6.07) is 6.90. The first-order valence-electron chi connectivity index (χ1n) is 7.96. The van der Waals surface area contributed by atoms with Gasteiger partial charge in [0.25, 0.3) is 5.91 Å². The molecule has 3 N–H and O–H groups in total. The Morgan fingerprint density at radius 2 is 1.83 bits per heavy atom. The van der Waals surface area contributed by atoms with Crippen LogP contribution < -0.4 is 16.0 Å². The van der Waals surface area contributed by atoms with Crippen LogP contribution in [0, 0.1) is 5.92 Å². The van der Waals surface area contributed by atoms with E-state index in [4.69, 9.17) is 0 Å². The highest BCUT2D eigenvalue weighted by Gasteiger charge is 2.25. The van der Waals surface area contributed by atoms with Gasteiger partial charge in [-0.3, -0.25) is 14.4 Å². The van der Waals surface area contributed by atoms with E-state index in [0.717, 1.165) is 19.3 Å². The predicted molar refractivity (Wildman–Crippen MR) is 88.0 cm³/mol. The molecule has 0 unspecified atom stereocenters. The van der Waals surface area contributed by atoms with E-state index in [1.165, 1.54) is 0 Å². The highest BCUT2D eigenvalue weighted by Crippen LogP contribution is 2.21. The summed E-state index contributed by atoms with van der Waals surface area (Å²) < 4.78 is 0. The molecule has 0 saturated heterocycles. The zero-order valence-corrected chi connectivity index (χ0v) is 13.5. The molecule has 3 amide bonds. The molecule has 1 aromatic rings. The normalized spacial score (nSPS) is 13.5. The molecule has 1 aliphatic rings. The third kappa shape index (κ3) is 5.39. The molecule has 6 nitrogen and oxygen atoms in total. The molecule has 0 aliphatic heterocycles. The summed E-state index contributed by atoms with van der Waals surface area (Å²) in [5.74, 6) is -1.24. The lowest BCUT2D eigenvalue weighted by Crippen LogP contribution is -2.37. The van der Waals surface area contributed by atoms with Gasteiger partial charge in [0, 0.05) is 12.6 Å². The smallest absolute Gasteiger partial charge is 0.313 e. The third-order valence-corrected chi connectivity index (χ3v) is 3.55. The van der Waals surface area contributed by atoms with Gasteiger partial charge in [-0.05, 0) is 37.3 Å². The van der Waals surface area contributed by atoms with E-state index in [-0.39, 0.29) is 11.9 Å². The van der Waals surface area contributed by atoms with Crippen LogP contribution in [0.3, 0.4) is 0 Å². The number of anilines is 1. The molecule has 124 valence electrons. The molecule has 0 spiro atoms. The van der Waals surface area contributed by atoms with Gasteiger partial charge >= 0.3 is 11.8 Å². The fraction of sp³-hybridized carbons (Fsp3) is 0.471. The zero-order valence-electron chi connectivity index (χ0n) is 13.5. The van der Waals surface area contributed by atoms with Crippen LogP contribution in [0.1, 0.15) is 43.5 Å². The Morgan fingerprint density at radius 1 is 1.13 bits per heavy atom. The van der Waals surface area contributed by atoms with Crippen LogP contribution in [0.2, 0.25) is 0 Å². The number of carbonyl (C=O) groups excluding carboxylic acids is 3. The Labute approximate surface area is 136 Å². The van der Waals surface area contributed by atoms with Crippen molar-refractivity contribution in [2.24, 2.45) is 5.92 Å². The minimum Gasteiger partial charge on any atom is -0.349 e. The average Bonchev–Trinajstić information content (AvgIpc) is 3.31. The quantitative estimate of drug-likeness (QED) is 0.698. The number of hydrogen-bond donors (Lipinski definition) is 3. The maximum absolute atomic E-state index is 12.2. The van der Waals surface area contributed by atoms with Crippen molar-refractivity contribution in [2.45, 2.75) is 39.2 Å². The van der Waals surface area contributed by atoms with Crippen molar-refractivity contribution in [2.75, 3.05) is 11.9 Å². The molecule has 1 saturated carbocycles. The number of hydrogen-bond acceptors (Lipinski definition) is 3. The van der Waals surface area contributed by atoms with E-state index in [0.29, 0.717) is 23.7 Å². The summed E-state index contributed by atoms with van der Waals surface area (Å²) >= 11 is 0. The van der Waals surface area contributed by atoms with Crippen LogP contribution in [0.25, 0.3) is 0 Å². The lowest BCUT2D eigenvalue weighted by atomic mass is 10.1. The molecule has 1 aliphatic carbocycles. The Kier molecular flexibility index (Phi) is 5.73. The van der Waals surface area contributed by atoms with E-state index in [2.05, 4.69) is 16.0 Å². The van der Waals surface area contributed by atoms with E-state index < -0.39 is 11.8 Å². The van der Waals surface area contributed by atoms with Crippen molar-refractivity contribution >= 4 is 23.4 Å². The highest BCUT2D eigenvalue weighted by atomic mass is 16.2. The summed E-state index contributed by atoms with van der Waals surface area (Å²) in [5.41, 5.74) is 0.706. The first-order chi connectivity index (χ1) is 11.0. The second-order valence-corrected chi connectivity index (χ2v) is 6.19. The van der Waals surface area contributed by atoms with Crippen molar-refractivity contribution in [1.29, 1.82) is 0 Å². The number of amides is 3.